The van der Waals surface area contributed by atoms with Gasteiger partial charge in [0.25, 0.3) is 0 Å². The van der Waals surface area contributed by atoms with Gasteiger partial charge in [-0.05, 0) is 38.6 Å². The van der Waals surface area contributed by atoms with E-state index in [0.717, 1.165) is 5.56 Å². The third-order valence-corrected chi connectivity index (χ3v) is 2.81. The van der Waals surface area contributed by atoms with Crippen LogP contribution in [0.1, 0.15) is 34.0 Å². The van der Waals surface area contributed by atoms with Crippen LogP contribution in [0.2, 0.25) is 0 Å². The summed E-state index contributed by atoms with van der Waals surface area (Å²) in [5.41, 5.74) is 1.08. The van der Waals surface area contributed by atoms with E-state index in [-0.39, 0.29) is 11.1 Å². The van der Waals surface area contributed by atoms with Gasteiger partial charge in [0.05, 0.1) is 11.7 Å². The van der Waals surface area contributed by atoms with E-state index < -0.39 is 18.2 Å². The van der Waals surface area contributed by atoms with Crippen LogP contribution in [0.3, 0.4) is 0 Å². The van der Waals surface area contributed by atoms with Gasteiger partial charge in [0.15, 0.2) is 0 Å². The number of benzene rings is 1. The Labute approximate surface area is 106 Å². The average Bonchev–Trinajstić information content (AvgIpc) is 2.34. The number of carbonyl (C=O) groups is 1. The number of rotatable bonds is 6. The molecule has 0 amide bonds. The maximum absolute atomic E-state index is 11.1. The molecular formula is C13H19NO4. The molecule has 1 aromatic rings. The number of nitrogens with one attached hydrogen (secondary N) is 1. The van der Waals surface area contributed by atoms with Gasteiger partial charge in [-0.25, -0.2) is 4.79 Å². The van der Waals surface area contributed by atoms with E-state index >= 15 is 0 Å². The quantitative estimate of drug-likeness (QED) is 0.599. The zero-order valence-corrected chi connectivity index (χ0v) is 10.6. The first-order valence-corrected chi connectivity index (χ1v) is 5.82. The molecule has 0 heterocycles. The lowest BCUT2D eigenvalue weighted by molar-refractivity contribution is 0.0131. The Morgan fingerprint density at radius 1 is 1.39 bits per heavy atom. The zero-order valence-electron chi connectivity index (χ0n) is 10.6. The summed E-state index contributed by atoms with van der Waals surface area (Å²) in [6.07, 6.45) is -1.83. The zero-order chi connectivity index (χ0) is 13.7. The van der Waals surface area contributed by atoms with Crippen LogP contribution in [-0.2, 0) is 0 Å². The topological polar surface area (TPSA) is 89.8 Å². The number of carboxylic acid groups (broad SMARTS) is 1. The summed E-state index contributed by atoms with van der Waals surface area (Å²) in [5.74, 6) is -1.10. The van der Waals surface area contributed by atoms with E-state index in [4.69, 9.17) is 5.11 Å². The number of aromatic carboxylic acids is 1. The van der Waals surface area contributed by atoms with E-state index in [0.29, 0.717) is 13.0 Å². The Morgan fingerprint density at radius 2 is 2.06 bits per heavy atom. The molecule has 5 heteroatoms. The summed E-state index contributed by atoms with van der Waals surface area (Å²) in [4.78, 5) is 11.1. The fourth-order valence-corrected chi connectivity index (χ4v) is 1.77. The van der Waals surface area contributed by atoms with Gasteiger partial charge in [-0.15, -0.1) is 0 Å². The van der Waals surface area contributed by atoms with Crippen molar-refractivity contribution >= 4 is 5.97 Å². The van der Waals surface area contributed by atoms with Crippen molar-refractivity contribution in [1.29, 1.82) is 0 Å². The molecule has 0 spiro atoms. The lowest BCUT2D eigenvalue weighted by Gasteiger charge is -2.20. The molecule has 4 N–H and O–H groups in total. The van der Waals surface area contributed by atoms with Gasteiger partial charge in [0, 0.05) is 0 Å². The summed E-state index contributed by atoms with van der Waals surface area (Å²) in [5, 5.41) is 31.7. The second-order valence-corrected chi connectivity index (χ2v) is 4.30. The molecule has 2 unspecified atom stereocenters. The predicted molar refractivity (Wildman–Crippen MR) is 67.6 cm³/mol. The first kappa shape index (κ1) is 14.6. The molecule has 100 valence electrons. The van der Waals surface area contributed by atoms with E-state index in [1.54, 1.807) is 26.1 Å². The molecule has 0 aliphatic carbocycles. The summed E-state index contributed by atoms with van der Waals surface area (Å²) < 4.78 is 0. The highest BCUT2D eigenvalue weighted by molar-refractivity contribution is 5.89. The second kappa shape index (κ2) is 6.49. The van der Waals surface area contributed by atoms with Crippen molar-refractivity contribution in [2.24, 2.45) is 0 Å². The van der Waals surface area contributed by atoms with Crippen molar-refractivity contribution in [3.8, 4) is 0 Å². The summed E-state index contributed by atoms with van der Waals surface area (Å²) >= 11 is 0. The largest absolute Gasteiger partial charge is 0.478 e. The van der Waals surface area contributed by atoms with Gasteiger partial charge in [-0.3, -0.25) is 0 Å². The number of aryl methyl sites for hydroxylation is 1. The highest BCUT2D eigenvalue weighted by atomic mass is 16.4. The van der Waals surface area contributed by atoms with Crippen molar-refractivity contribution in [2.45, 2.75) is 25.6 Å². The third-order valence-electron chi connectivity index (χ3n) is 2.81. The van der Waals surface area contributed by atoms with Gasteiger partial charge < -0.3 is 20.6 Å². The summed E-state index contributed by atoms with van der Waals surface area (Å²) in [6, 6.07) is 4.76. The maximum Gasteiger partial charge on any atom is 0.336 e. The van der Waals surface area contributed by atoms with Crippen LogP contribution in [0.25, 0.3) is 0 Å². The highest BCUT2D eigenvalue weighted by Crippen LogP contribution is 2.23. The molecule has 0 saturated heterocycles. The Hall–Kier alpha value is -1.43. The van der Waals surface area contributed by atoms with E-state index in [1.807, 2.05) is 0 Å². The van der Waals surface area contributed by atoms with Crippen LogP contribution in [0, 0.1) is 6.92 Å². The smallest absolute Gasteiger partial charge is 0.336 e. The number of aliphatic hydroxyl groups excluding tert-OH is 2. The van der Waals surface area contributed by atoms with Crippen LogP contribution in [-0.4, -0.2) is 41.0 Å². The van der Waals surface area contributed by atoms with Crippen molar-refractivity contribution in [2.75, 3.05) is 13.6 Å². The second-order valence-electron chi connectivity index (χ2n) is 4.30. The lowest BCUT2D eigenvalue weighted by atomic mass is 9.95. The summed E-state index contributed by atoms with van der Waals surface area (Å²) in [7, 11) is 1.74. The predicted octanol–water partition coefficient (Wildman–Crippen LogP) is 0.697. The van der Waals surface area contributed by atoms with Crippen LogP contribution in [0.5, 0.6) is 0 Å². The standard InChI is InChI=1S/C13H19NO4/c1-8-3-4-9(10(7-8)13(17)18)12(16)11(15)5-6-14-2/h3-4,7,11-12,14-16H,5-6H2,1-2H3,(H,17,18). The van der Waals surface area contributed by atoms with Crippen molar-refractivity contribution in [1.82, 2.24) is 5.32 Å². The molecule has 0 aliphatic rings. The molecule has 0 saturated carbocycles. The molecule has 0 aromatic heterocycles. The first-order valence-electron chi connectivity index (χ1n) is 5.82. The molecule has 0 bridgehead atoms. The Kier molecular flexibility index (Phi) is 5.27. The molecule has 18 heavy (non-hydrogen) atoms. The lowest BCUT2D eigenvalue weighted by Crippen LogP contribution is -2.24. The Bertz CT molecular complexity index is 419. The van der Waals surface area contributed by atoms with Crippen LogP contribution in [0.4, 0.5) is 0 Å². The Balaban J connectivity index is 2.97. The van der Waals surface area contributed by atoms with Gasteiger partial charge in [0.2, 0.25) is 0 Å². The maximum atomic E-state index is 11.1. The Morgan fingerprint density at radius 3 is 2.61 bits per heavy atom. The minimum absolute atomic E-state index is 0.0333. The molecule has 1 aromatic carbocycles. The fraction of sp³-hybridized carbons (Fsp3) is 0.462. The van der Waals surface area contributed by atoms with Crippen molar-refractivity contribution < 1.29 is 20.1 Å². The van der Waals surface area contributed by atoms with Gasteiger partial charge in [0.1, 0.15) is 6.10 Å². The highest BCUT2D eigenvalue weighted by Gasteiger charge is 2.23. The molecule has 0 aliphatic heterocycles. The van der Waals surface area contributed by atoms with Gasteiger partial charge in [-0.2, -0.15) is 0 Å². The van der Waals surface area contributed by atoms with Crippen LogP contribution < -0.4 is 5.32 Å². The number of hydrogen-bond acceptors (Lipinski definition) is 4. The fourth-order valence-electron chi connectivity index (χ4n) is 1.77. The first-order chi connectivity index (χ1) is 8.47. The number of aliphatic hydroxyl groups is 2. The molecule has 0 fully saturated rings. The van der Waals surface area contributed by atoms with Gasteiger partial charge >= 0.3 is 5.97 Å². The minimum Gasteiger partial charge on any atom is -0.478 e. The van der Waals surface area contributed by atoms with Crippen LogP contribution in [0.15, 0.2) is 18.2 Å². The third kappa shape index (κ3) is 3.53. The van der Waals surface area contributed by atoms with Crippen molar-refractivity contribution in [3.05, 3.63) is 34.9 Å². The normalized spacial score (nSPS) is 14.2. The molecule has 1 rings (SSSR count). The monoisotopic (exact) mass is 253 g/mol. The molecule has 5 nitrogen and oxygen atoms in total. The van der Waals surface area contributed by atoms with E-state index in [9.17, 15) is 15.0 Å². The van der Waals surface area contributed by atoms with Crippen molar-refractivity contribution in [3.63, 3.8) is 0 Å². The molecule has 2 atom stereocenters. The van der Waals surface area contributed by atoms with Crippen LogP contribution >= 0.6 is 0 Å². The number of carboxylic acids is 1. The molecular weight excluding hydrogens is 234 g/mol. The minimum atomic E-state index is -1.19. The van der Waals surface area contributed by atoms with E-state index in [2.05, 4.69) is 5.32 Å². The van der Waals surface area contributed by atoms with Gasteiger partial charge in [-0.1, -0.05) is 17.7 Å². The molecule has 0 radical (unpaired) electrons. The number of hydrogen-bond donors (Lipinski definition) is 4. The SMILES string of the molecule is CNCCC(O)C(O)c1ccc(C)cc1C(=O)O. The summed E-state index contributed by atoms with van der Waals surface area (Å²) in [6.45, 7) is 2.33. The van der Waals surface area contributed by atoms with E-state index in [1.165, 1.54) is 6.07 Å². The average molecular weight is 253 g/mol.